The van der Waals surface area contributed by atoms with Gasteiger partial charge in [-0.3, -0.25) is 0 Å². The summed E-state index contributed by atoms with van der Waals surface area (Å²) in [5.74, 6) is 0.766. The summed E-state index contributed by atoms with van der Waals surface area (Å²) in [7, 11) is 0. The molecule has 74 valence electrons. The maximum Gasteiger partial charge on any atom is 0.256 e. The molecule has 3 N–H and O–H groups in total. The highest BCUT2D eigenvalue weighted by Gasteiger charge is 2.23. The van der Waals surface area contributed by atoms with E-state index in [4.69, 9.17) is 10.3 Å². The molecular formula is C8H15N3O2. The summed E-state index contributed by atoms with van der Waals surface area (Å²) in [5.41, 5.74) is 5.07. The fourth-order valence-corrected chi connectivity index (χ4v) is 0.776. The summed E-state index contributed by atoms with van der Waals surface area (Å²) in [6.45, 7) is 6.00. The maximum absolute atomic E-state index is 9.29. The van der Waals surface area contributed by atoms with E-state index < -0.39 is 6.10 Å². The lowest BCUT2D eigenvalue weighted by Crippen LogP contribution is -2.15. The molecule has 0 radical (unpaired) electrons. The normalized spacial score (nSPS) is 14.5. The van der Waals surface area contributed by atoms with Gasteiger partial charge in [0.25, 0.3) is 5.89 Å². The van der Waals surface area contributed by atoms with E-state index >= 15 is 0 Å². The topological polar surface area (TPSA) is 85.2 Å². The lowest BCUT2D eigenvalue weighted by atomic mass is 9.96. The van der Waals surface area contributed by atoms with Crippen LogP contribution in [0.2, 0.25) is 0 Å². The molecule has 5 nitrogen and oxygen atoms in total. The van der Waals surface area contributed by atoms with Crippen molar-refractivity contribution in [3.8, 4) is 0 Å². The van der Waals surface area contributed by atoms with Crippen LogP contribution in [0.4, 0.5) is 0 Å². The van der Waals surface area contributed by atoms with Crippen LogP contribution in [-0.4, -0.2) is 21.8 Å². The molecule has 0 aliphatic rings. The van der Waals surface area contributed by atoms with Crippen LogP contribution in [0.1, 0.15) is 38.6 Å². The average Bonchev–Trinajstić information content (AvgIpc) is 2.50. The van der Waals surface area contributed by atoms with Crippen molar-refractivity contribution in [2.24, 2.45) is 5.73 Å². The van der Waals surface area contributed by atoms with E-state index in [1.54, 1.807) is 0 Å². The first-order valence-electron chi connectivity index (χ1n) is 4.17. The van der Waals surface area contributed by atoms with Gasteiger partial charge >= 0.3 is 0 Å². The minimum absolute atomic E-state index is 0.0891. The van der Waals surface area contributed by atoms with Crippen molar-refractivity contribution < 1.29 is 9.63 Å². The van der Waals surface area contributed by atoms with Crippen LogP contribution in [0.5, 0.6) is 0 Å². The van der Waals surface area contributed by atoms with Gasteiger partial charge in [0.1, 0.15) is 6.10 Å². The van der Waals surface area contributed by atoms with Crippen molar-refractivity contribution in [3.63, 3.8) is 0 Å². The zero-order valence-corrected chi connectivity index (χ0v) is 8.11. The maximum atomic E-state index is 9.29. The van der Waals surface area contributed by atoms with Gasteiger partial charge in [0.2, 0.25) is 0 Å². The van der Waals surface area contributed by atoms with E-state index in [1.165, 1.54) is 0 Å². The zero-order valence-electron chi connectivity index (χ0n) is 8.11. The Morgan fingerprint density at radius 1 is 1.54 bits per heavy atom. The Morgan fingerprint density at radius 3 is 2.54 bits per heavy atom. The highest BCUT2D eigenvalue weighted by molar-refractivity contribution is 5.01. The lowest BCUT2D eigenvalue weighted by molar-refractivity contribution is 0.141. The summed E-state index contributed by atoms with van der Waals surface area (Å²) in [6.07, 6.45) is -0.858. The van der Waals surface area contributed by atoms with E-state index in [0.717, 1.165) is 0 Å². The molecule has 1 atom stereocenters. The Labute approximate surface area is 76.9 Å². The van der Waals surface area contributed by atoms with Crippen molar-refractivity contribution in [3.05, 3.63) is 11.7 Å². The molecular weight excluding hydrogens is 170 g/mol. The van der Waals surface area contributed by atoms with Crippen molar-refractivity contribution >= 4 is 0 Å². The highest BCUT2D eigenvalue weighted by Crippen LogP contribution is 2.20. The van der Waals surface area contributed by atoms with Crippen molar-refractivity contribution in [2.75, 3.05) is 6.54 Å². The Bertz CT molecular complexity index is 277. The second kappa shape index (κ2) is 3.43. The number of aliphatic hydroxyl groups is 1. The average molecular weight is 185 g/mol. The second-order valence-electron chi connectivity index (χ2n) is 3.96. The molecule has 0 unspecified atom stereocenters. The Kier molecular flexibility index (Phi) is 2.68. The number of nitrogens with zero attached hydrogens (tertiary/aromatic N) is 2. The van der Waals surface area contributed by atoms with Gasteiger partial charge < -0.3 is 15.4 Å². The van der Waals surface area contributed by atoms with Gasteiger partial charge in [-0.1, -0.05) is 25.9 Å². The number of hydrogen-bond donors (Lipinski definition) is 2. The quantitative estimate of drug-likeness (QED) is 0.694. The molecule has 0 saturated heterocycles. The molecule has 1 heterocycles. The summed E-state index contributed by atoms with van der Waals surface area (Å²) in [5, 5.41) is 13.0. The molecule has 1 aromatic heterocycles. The van der Waals surface area contributed by atoms with Crippen LogP contribution in [0, 0.1) is 0 Å². The molecule has 0 bridgehead atoms. The molecule has 1 rings (SSSR count). The van der Waals surface area contributed by atoms with Gasteiger partial charge in [0.15, 0.2) is 5.82 Å². The molecule has 5 heteroatoms. The monoisotopic (exact) mass is 185 g/mol. The molecule has 0 aromatic carbocycles. The molecule has 0 aliphatic carbocycles. The number of hydrogen-bond acceptors (Lipinski definition) is 5. The zero-order chi connectivity index (χ0) is 10.1. The SMILES string of the molecule is CC(C)(C)c1noc([C@@H](O)CN)n1. The standard InChI is InChI=1S/C8H15N3O2/c1-8(2,3)7-10-6(13-11-7)5(12)4-9/h5,12H,4,9H2,1-3H3/t5-/m0/s1. The summed E-state index contributed by atoms with van der Waals surface area (Å²) in [6, 6.07) is 0. The van der Waals surface area contributed by atoms with Gasteiger partial charge in [-0.05, 0) is 0 Å². The Morgan fingerprint density at radius 2 is 2.15 bits per heavy atom. The van der Waals surface area contributed by atoms with E-state index in [0.29, 0.717) is 5.82 Å². The fraction of sp³-hybridized carbons (Fsp3) is 0.750. The van der Waals surface area contributed by atoms with E-state index in [1.807, 2.05) is 20.8 Å². The predicted molar refractivity (Wildman–Crippen MR) is 47.0 cm³/mol. The lowest BCUT2D eigenvalue weighted by Gasteiger charge is -2.11. The van der Waals surface area contributed by atoms with Crippen molar-refractivity contribution in [1.29, 1.82) is 0 Å². The molecule has 13 heavy (non-hydrogen) atoms. The van der Waals surface area contributed by atoms with Crippen LogP contribution in [0.25, 0.3) is 0 Å². The van der Waals surface area contributed by atoms with Crippen LogP contribution in [-0.2, 0) is 5.41 Å². The number of aliphatic hydroxyl groups excluding tert-OH is 1. The van der Waals surface area contributed by atoms with Crippen LogP contribution >= 0.6 is 0 Å². The third kappa shape index (κ3) is 2.26. The van der Waals surface area contributed by atoms with Crippen molar-refractivity contribution in [1.82, 2.24) is 10.1 Å². The van der Waals surface area contributed by atoms with Gasteiger partial charge in [-0.15, -0.1) is 0 Å². The van der Waals surface area contributed by atoms with Gasteiger partial charge in [0.05, 0.1) is 0 Å². The smallest absolute Gasteiger partial charge is 0.256 e. The van der Waals surface area contributed by atoms with Crippen LogP contribution < -0.4 is 5.73 Å². The van der Waals surface area contributed by atoms with E-state index in [2.05, 4.69) is 10.1 Å². The van der Waals surface area contributed by atoms with E-state index in [-0.39, 0.29) is 17.9 Å². The third-order valence-corrected chi connectivity index (χ3v) is 1.62. The Hall–Kier alpha value is -0.940. The van der Waals surface area contributed by atoms with Crippen LogP contribution in [0.15, 0.2) is 4.52 Å². The minimum Gasteiger partial charge on any atom is -0.382 e. The largest absolute Gasteiger partial charge is 0.382 e. The predicted octanol–water partition coefficient (Wildman–Crippen LogP) is 0.359. The van der Waals surface area contributed by atoms with Gasteiger partial charge in [0, 0.05) is 12.0 Å². The first kappa shape index (κ1) is 10.1. The van der Waals surface area contributed by atoms with Crippen molar-refractivity contribution in [2.45, 2.75) is 32.3 Å². The highest BCUT2D eigenvalue weighted by atomic mass is 16.5. The van der Waals surface area contributed by atoms with Crippen LogP contribution in [0.3, 0.4) is 0 Å². The molecule has 0 spiro atoms. The summed E-state index contributed by atoms with van der Waals surface area (Å²) < 4.78 is 4.85. The van der Waals surface area contributed by atoms with Gasteiger partial charge in [-0.25, -0.2) is 0 Å². The first-order chi connectivity index (χ1) is 5.95. The molecule has 0 aliphatic heterocycles. The summed E-state index contributed by atoms with van der Waals surface area (Å²) >= 11 is 0. The minimum atomic E-state index is -0.858. The number of aromatic nitrogens is 2. The Balaban J connectivity index is 2.87. The summed E-state index contributed by atoms with van der Waals surface area (Å²) in [4.78, 5) is 4.04. The number of nitrogens with two attached hydrogens (primary N) is 1. The molecule has 0 amide bonds. The molecule has 1 aromatic rings. The molecule has 0 fully saturated rings. The third-order valence-electron chi connectivity index (χ3n) is 1.62. The second-order valence-corrected chi connectivity index (χ2v) is 3.96. The fourth-order valence-electron chi connectivity index (χ4n) is 0.776. The first-order valence-corrected chi connectivity index (χ1v) is 4.17. The molecule has 0 saturated carbocycles. The van der Waals surface area contributed by atoms with E-state index in [9.17, 15) is 5.11 Å². The van der Waals surface area contributed by atoms with Gasteiger partial charge in [-0.2, -0.15) is 4.98 Å². The number of rotatable bonds is 2.